The Morgan fingerprint density at radius 1 is 0.818 bits per heavy atom. The maximum atomic E-state index is 6.36. The van der Waals surface area contributed by atoms with Gasteiger partial charge in [0.05, 0.1) is 0 Å². The van der Waals surface area contributed by atoms with Crippen molar-refractivity contribution >= 4 is 0 Å². The Labute approximate surface area is 133 Å². The number of piperazine rings is 1. The summed E-state index contributed by atoms with van der Waals surface area (Å²) in [4.78, 5) is 8.82. The number of rotatable bonds is 5. The van der Waals surface area contributed by atoms with Gasteiger partial charge in [0.2, 0.25) is 0 Å². The van der Waals surface area contributed by atoms with Gasteiger partial charge in [0.15, 0.2) is 0 Å². The molecule has 0 unspecified atom stereocenters. The minimum atomic E-state index is -0.0319. The van der Waals surface area contributed by atoms with Crippen molar-refractivity contribution in [2.75, 3.05) is 32.7 Å². The normalized spacial score (nSPS) is 17.0. The summed E-state index contributed by atoms with van der Waals surface area (Å²) in [6, 6.07) is 20.9. The maximum Gasteiger partial charge on any atom is 0.129 e. The first-order valence-electron chi connectivity index (χ1n) is 8.11. The van der Waals surface area contributed by atoms with E-state index in [0.717, 1.165) is 32.7 Å². The van der Waals surface area contributed by atoms with E-state index in [9.17, 15) is 0 Å². The van der Waals surface area contributed by atoms with Gasteiger partial charge in [0.25, 0.3) is 0 Å². The van der Waals surface area contributed by atoms with E-state index in [1.807, 2.05) is 12.1 Å². The molecule has 0 spiro atoms. The van der Waals surface area contributed by atoms with Crippen LogP contribution in [0.2, 0.25) is 0 Å². The highest BCUT2D eigenvalue weighted by Crippen LogP contribution is 2.27. The third-order valence-electron chi connectivity index (χ3n) is 4.24. The van der Waals surface area contributed by atoms with Crippen molar-refractivity contribution in [3.8, 4) is 0 Å². The van der Waals surface area contributed by atoms with E-state index in [0.29, 0.717) is 0 Å². The molecule has 116 valence electrons. The Morgan fingerprint density at radius 2 is 1.32 bits per heavy atom. The predicted octanol–water partition coefficient (Wildman–Crippen LogP) is 3.35. The molecule has 0 aliphatic carbocycles. The van der Waals surface area contributed by atoms with E-state index in [1.165, 1.54) is 11.1 Å². The minimum Gasteiger partial charge on any atom is -0.301 e. The molecule has 0 saturated carbocycles. The highest BCUT2D eigenvalue weighted by Gasteiger charge is 2.22. The molecule has 1 aliphatic heterocycles. The zero-order valence-electron chi connectivity index (χ0n) is 13.2. The second-order valence-corrected chi connectivity index (χ2v) is 5.67. The van der Waals surface area contributed by atoms with Crippen molar-refractivity contribution in [3.63, 3.8) is 0 Å². The Bertz CT molecular complexity index is 511. The van der Waals surface area contributed by atoms with Gasteiger partial charge in [-0.25, -0.2) is 0 Å². The second kappa shape index (κ2) is 7.54. The van der Waals surface area contributed by atoms with Gasteiger partial charge < -0.3 is 4.90 Å². The monoisotopic (exact) mass is 296 g/mol. The van der Waals surface area contributed by atoms with Crippen molar-refractivity contribution in [1.82, 2.24) is 9.96 Å². The van der Waals surface area contributed by atoms with Crippen LogP contribution in [0.3, 0.4) is 0 Å². The average molecular weight is 296 g/mol. The number of hydroxylamine groups is 2. The first-order chi connectivity index (χ1) is 10.9. The summed E-state index contributed by atoms with van der Waals surface area (Å²) in [5, 5.41) is 2.12. The van der Waals surface area contributed by atoms with Gasteiger partial charge in [-0.1, -0.05) is 67.6 Å². The van der Waals surface area contributed by atoms with Crippen LogP contribution < -0.4 is 0 Å². The Balaban J connectivity index is 1.75. The molecule has 1 saturated heterocycles. The summed E-state index contributed by atoms with van der Waals surface area (Å²) in [7, 11) is 0. The molecular formula is C19H24N2O. The molecule has 3 heteroatoms. The van der Waals surface area contributed by atoms with Crippen LogP contribution in [0.4, 0.5) is 0 Å². The minimum absolute atomic E-state index is 0.0319. The van der Waals surface area contributed by atoms with E-state index in [2.05, 4.69) is 65.4 Å². The lowest BCUT2D eigenvalue weighted by Gasteiger charge is -2.35. The highest BCUT2D eigenvalue weighted by molar-refractivity contribution is 5.29. The van der Waals surface area contributed by atoms with Crippen molar-refractivity contribution in [3.05, 3.63) is 71.8 Å². The molecule has 22 heavy (non-hydrogen) atoms. The lowest BCUT2D eigenvalue weighted by Crippen LogP contribution is -2.46. The Hall–Kier alpha value is -1.68. The average Bonchev–Trinajstić information content (AvgIpc) is 2.62. The van der Waals surface area contributed by atoms with Gasteiger partial charge in [-0.15, -0.1) is 0 Å². The number of nitrogens with zero attached hydrogens (tertiary/aromatic N) is 2. The molecule has 1 aliphatic rings. The smallest absolute Gasteiger partial charge is 0.129 e. The van der Waals surface area contributed by atoms with Gasteiger partial charge >= 0.3 is 0 Å². The lowest BCUT2D eigenvalue weighted by molar-refractivity contribution is -0.203. The summed E-state index contributed by atoms with van der Waals surface area (Å²) in [5.74, 6) is 0. The second-order valence-electron chi connectivity index (χ2n) is 5.67. The van der Waals surface area contributed by atoms with Crippen LogP contribution in [0.15, 0.2) is 60.7 Å². The fourth-order valence-corrected chi connectivity index (χ4v) is 2.87. The third-order valence-corrected chi connectivity index (χ3v) is 4.24. The predicted molar refractivity (Wildman–Crippen MR) is 89.5 cm³/mol. The molecule has 0 amide bonds. The molecule has 3 nitrogen and oxygen atoms in total. The zero-order valence-corrected chi connectivity index (χ0v) is 13.2. The molecular weight excluding hydrogens is 272 g/mol. The maximum absolute atomic E-state index is 6.36. The number of benzene rings is 2. The molecule has 1 heterocycles. The SMILES string of the molecule is CCN1CCN(OC(c2ccccc2)c2ccccc2)CC1. The Morgan fingerprint density at radius 3 is 1.77 bits per heavy atom. The van der Waals surface area contributed by atoms with Crippen LogP contribution in [-0.4, -0.2) is 42.7 Å². The lowest BCUT2D eigenvalue weighted by atomic mass is 10.0. The van der Waals surface area contributed by atoms with Gasteiger partial charge in [-0.05, 0) is 17.7 Å². The van der Waals surface area contributed by atoms with Gasteiger partial charge in [-0.2, -0.15) is 5.06 Å². The summed E-state index contributed by atoms with van der Waals surface area (Å²) >= 11 is 0. The molecule has 1 fully saturated rings. The molecule has 3 rings (SSSR count). The standard InChI is InChI=1S/C19H24N2O/c1-2-20-13-15-21(16-14-20)22-19(17-9-5-3-6-10-17)18-11-7-4-8-12-18/h3-12,19H,2,13-16H2,1H3. The van der Waals surface area contributed by atoms with Gasteiger partial charge in [0, 0.05) is 26.2 Å². The molecule has 0 aromatic heterocycles. The number of likely N-dealkylation sites (N-methyl/N-ethyl adjacent to an activating group) is 1. The topological polar surface area (TPSA) is 15.7 Å². The summed E-state index contributed by atoms with van der Waals surface area (Å²) < 4.78 is 0. The van der Waals surface area contributed by atoms with E-state index in [1.54, 1.807) is 0 Å². The van der Waals surface area contributed by atoms with Crippen LogP contribution in [0, 0.1) is 0 Å². The molecule has 0 atom stereocenters. The highest BCUT2D eigenvalue weighted by atomic mass is 16.7. The van der Waals surface area contributed by atoms with Crippen LogP contribution in [0.25, 0.3) is 0 Å². The van der Waals surface area contributed by atoms with E-state index in [-0.39, 0.29) is 6.10 Å². The van der Waals surface area contributed by atoms with Crippen molar-refractivity contribution in [2.45, 2.75) is 13.0 Å². The molecule has 0 N–H and O–H groups in total. The third kappa shape index (κ3) is 3.74. The Kier molecular flexibility index (Phi) is 5.22. The summed E-state index contributed by atoms with van der Waals surface area (Å²) in [6.45, 7) is 7.41. The fourth-order valence-electron chi connectivity index (χ4n) is 2.87. The summed E-state index contributed by atoms with van der Waals surface area (Å²) in [6.07, 6.45) is -0.0319. The molecule has 2 aromatic rings. The van der Waals surface area contributed by atoms with Crippen LogP contribution in [-0.2, 0) is 4.84 Å². The van der Waals surface area contributed by atoms with E-state index >= 15 is 0 Å². The van der Waals surface area contributed by atoms with Crippen molar-refractivity contribution < 1.29 is 4.84 Å². The molecule has 2 aromatic carbocycles. The fraction of sp³-hybridized carbons (Fsp3) is 0.368. The van der Waals surface area contributed by atoms with E-state index in [4.69, 9.17) is 4.84 Å². The number of hydrogen-bond acceptors (Lipinski definition) is 3. The molecule has 0 bridgehead atoms. The van der Waals surface area contributed by atoms with E-state index < -0.39 is 0 Å². The first-order valence-corrected chi connectivity index (χ1v) is 8.11. The largest absolute Gasteiger partial charge is 0.301 e. The van der Waals surface area contributed by atoms with Crippen molar-refractivity contribution in [2.24, 2.45) is 0 Å². The van der Waals surface area contributed by atoms with Crippen LogP contribution in [0.1, 0.15) is 24.2 Å². The molecule has 0 radical (unpaired) electrons. The van der Waals surface area contributed by atoms with Gasteiger partial charge in [0.1, 0.15) is 6.10 Å². The zero-order chi connectivity index (χ0) is 15.2. The van der Waals surface area contributed by atoms with Gasteiger partial charge in [-0.3, -0.25) is 4.84 Å². The van der Waals surface area contributed by atoms with Crippen LogP contribution in [0.5, 0.6) is 0 Å². The first kappa shape index (κ1) is 15.2. The van der Waals surface area contributed by atoms with Crippen LogP contribution >= 0.6 is 0 Å². The summed E-state index contributed by atoms with van der Waals surface area (Å²) in [5.41, 5.74) is 2.40. The number of hydrogen-bond donors (Lipinski definition) is 0. The quantitative estimate of drug-likeness (QED) is 0.841. The van der Waals surface area contributed by atoms with Crippen molar-refractivity contribution in [1.29, 1.82) is 0 Å².